The fourth-order valence-electron chi connectivity index (χ4n) is 3.24. The largest absolute Gasteiger partial charge is 0.356 e. The van der Waals surface area contributed by atoms with E-state index in [2.05, 4.69) is 15.2 Å². The molecule has 0 atom stereocenters. The molecule has 1 N–H and O–H groups in total. The van der Waals surface area contributed by atoms with Crippen LogP contribution in [0.25, 0.3) is 0 Å². The maximum absolute atomic E-state index is 13.0. The topological polar surface area (TPSA) is 50.2 Å². The molecule has 0 saturated carbocycles. The summed E-state index contributed by atoms with van der Waals surface area (Å²) in [4.78, 5) is 18.6. The van der Waals surface area contributed by atoms with E-state index >= 15 is 0 Å². The normalized spacial score (nSPS) is 16.0. The number of nitrogens with zero attached hydrogens (tertiary/aromatic N) is 3. The monoisotopic (exact) mass is 344 g/mol. The third-order valence-electron chi connectivity index (χ3n) is 4.73. The van der Waals surface area contributed by atoms with Crippen LogP contribution in [0.4, 0.5) is 4.39 Å². The fourth-order valence-corrected chi connectivity index (χ4v) is 3.24. The molecule has 0 spiro atoms. The molecule has 3 rings (SSSR count). The van der Waals surface area contributed by atoms with Crippen LogP contribution in [0, 0.1) is 11.7 Å². The number of hydrogen-bond donors (Lipinski definition) is 1. The van der Waals surface area contributed by atoms with E-state index in [-0.39, 0.29) is 17.6 Å². The number of imidazole rings is 1. The molecule has 1 fully saturated rings. The zero-order valence-electron chi connectivity index (χ0n) is 14.4. The Morgan fingerprint density at radius 3 is 2.68 bits per heavy atom. The Kier molecular flexibility index (Phi) is 6.17. The second kappa shape index (κ2) is 8.76. The average Bonchev–Trinajstić information content (AvgIpc) is 3.15. The molecule has 1 aromatic carbocycles. The third-order valence-corrected chi connectivity index (χ3v) is 4.73. The Hall–Kier alpha value is -2.21. The van der Waals surface area contributed by atoms with E-state index in [0.29, 0.717) is 6.54 Å². The maximum atomic E-state index is 13.0. The molecule has 5 nitrogen and oxygen atoms in total. The Bertz CT molecular complexity index is 649. The van der Waals surface area contributed by atoms with Crippen LogP contribution in [0.5, 0.6) is 0 Å². The summed E-state index contributed by atoms with van der Waals surface area (Å²) in [6.45, 7) is 4.21. The van der Waals surface area contributed by atoms with Gasteiger partial charge < -0.3 is 9.88 Å². The summed E-state index contributed by atoms with van der Waals surface area (Å²) in [6.07, 6.45) is 8.16. The van der Waals surface area contributed by atoms with Gasteiger partial charge in [0.25, 0.3) is 0 Å². The quantitative estimate of drug-likeness (QED) is 0.785. The standard InChI is InChI=1S/C19H25FN4O/c20-18-4-2-16(3-5-18)14-23-11-6-17(7-12-23)19(25)22-8-1-10-24-13-9-21-15-24/h2-5,9,13,15,17H,1,6-8,10-12,14H2,(H,22,25). The highest BCUT2D eigenvalue weighted by Crippen LogP contribution is 2.19. The van der Waals surface area contributed by atoms with Gasteiger partial charge in [-0.05, 0) is 50.0 Å². The summed E-state index contributed by atoms with van der Waals surface area (Å²) in [5.74, 6) is 0.0805. The van der Waals surface area contributed by atoms with Crippen molar-refractivity contribution in [3.63, 3.8) is 0 Å². The number of halogens is 1. The van der Waals surface area contributed by atoms with Crippen LogP contribution in [0.2, 0.25) is 0 Å². The van der Waals surface area contributed by atoms with E-state index in [0.717, 1.165) is 51.0 Å². The van der Waals surface area contributed by atoms with Gasteiger partial charge in [-0.3, -0.25) is 9.69 Å². The van der Waals surface area contributed by atoms with Gasteiger partial charge in [-0.15, -0.1) is 0 Å². The molecule has 134 valence electrons. The summed E-state index contributed by atoms with van der Waals surface area (Å²) in [5, 5.41) is 3.05. The number of carbonyl (C=O) groups is 1. The van der Waals surface area contributed by atoms with Gasteiger partial charge in [0.15, 0.2) is 0 Å². The van der Waals surface area contributed by atoms with E-state index in [4.69, 9.17) is 0 Å². The Balaban J connectivity index is 1.33. The fraction of sp³-hybridized carbons (Fsp3) is 0.474. The first-order chi connectivity index (χ1) is 12.2. The van der Waals surface area contributed by atoms with Gasteiger partial charge in [-0.2, -0.15) is 0 Å². The van der Waals surface area contributed by atoms with E-state index in [9.17, 15) is 9.18 Å². The lowest BCUT2D eigenvalue weighted by Gasteiger charge is -2.31. The SMILES string of the molecule is O=C(NCCCn1ccnc1)C1CCN(Cc2ccc(F)cc2)CC1. The minimum Gasteiger partial charge on any atom is -0.356 e. The number of benzene rings is 1. The second-order valence-electron chi connectivity index (χ2n) is 6.62. The molecule has 2 aromatic rings. The molecular formula is C19H25FN4O. The molecule has 1 saturated heterocycles. The molecule has 2 heterocycles. The number of aryl methyl sites for hydroxylation is 1. The number of hydrogen-bond acceptors (Lipinski definition) is 3. The predicted octanol–water partition coefficient (Wildman–Crippen LogP) is 2.44. The van der Waals surface area contributed by atoms with Crippen molar-refractivity contribution < 1.29 is 9.18 Å². The Morgan fingerprint density at radius 2 is 2.00 bits per heavy atom. The van der Waals surface area contributed by atoms with Gasteiger partial charge >= 0.3 is 0 Å². The molecular weight excluding hydrogens is 319 g/mol. The molecule has 25 heavy (non-hydrogen) atoms. The van der Waals surface area contributed by atoms with Crippen molar-refractivity contribution in [1.29, 1.82) is 0 Å². The summed E-state index contributed by atoms with van der Waals surface area (Å²) < 4.78 is 15.0. The number of rotatable bonds is 7. The van der Waals surface area contributed by atoms with Crippen LogP contribution in [0.1, 0.15) is 24.8 Å². The lowest BCUT2D eigenvalue weighted by molar-refractivity contribution is -0.126. The van der Waals surface area contributed by atoms with Crippen molar-refractivity contribution in [2.24, 2.45) is 5.92 Å². The minimum absolute atomic E-state index is 0.109. The van der Waals surface area contributed by atoms with Crippen LogP contribution in [0.3, 0.4) is 0 Å². The number of likely N-dealkylation sites (tertiary alicyclic amines) is 1. The zero-order chi connectivity index (χ0) is 17.5. The number of nitrogens with one attached hydrogen (secondary N) is 1. The van der Waals surface area contributed by atoms with E-state index in [1.165, 1.54) is 12.1 Å². The molecule has 0 bridgehead atoms. The van der Waals surface area contributed by atoms with Crippen molar-refractivity contribution >= 4 is 5.91 Å². The van der Waals surface area contributed by atoms with E-state index < -0.39 is 0 Å². The molecule has 0 radical (unpaired) electrons. The van der Waals surface area contributed by atoms with Gasteiger partial charge in [-0.25, -0.2) is 9.37 Å². The summed E-state index contributed by atoms with van der Waals surface area (Å²) >= 11 is 0. The lowest BCUT2D eigenvalue weighted by atomic mass is 9.95. The van der Waals surface area contributed by atoms with Crippen LogP contribution in [-0.2, 0) is 17.9 Å². The second-order valence-corrected chi connectivity index (χ2v) is 6.62. The van der Waals surface area contributed by atoms with E-state index in [1.54, 1.807) is 12.5 Å². The number of carbonyl (C=O) groups excluding carboxylic acids is 1. The highest BCUT2D eigenvalue weighted by Gasteiger charge is 2.24. The van der Waals surface area contributed by atoms with Crippen molar-refractivity contribution in [2.75, 3.05) is 19.6 Å². The molecule has 1 aliphatic heterocycles. The van der Waals surface area contributed by atoms with Gasteiger partial charge in [0.2, 0.25) is 5.91 Å². The van der Waals surface area contributed by atoms with Crippen LogP contribution in [-0.4, -0.2) is 40.0 Å². The van der Waals surface area contributed by atoms with Crippen molar-refractivity contribution in [3.05, 3.63) is 54.4 Å². The maximum Gasteiger partial charge on any atom is 0.223 e. The van der Waals surface area contributed by atoms with Crippen LogP contribution >= 0.6 is 0 Å². The summed E-state index contributed by atoms with van der Waals surface area (Å²) in [6, 6.07) is 6.65. The van der Waals surface area contributed by atoms with Gasteiger partial charge in [0.1, 0.15) is 5.82 Å². The molecule has 1 aliphatic rings. The molecule has 0 aliphatic carbocycles. The molecule has 1 aromatic heterocycles. The van der Waals surface area contributed by atoms with Crippen molar-refractivity contribution in [2.45, 2.75) is 32.4 Å². The Morgan fingerprint density at radius 1 is 1.24 bits per heavy atom. The first kappa shape index (κ1) is 17.6. The van der Waals surface area contributed by atoms with E-state index in [1.807, 2.05) is 22.9 Å². The first-order valence-electron chi connectivity index (χ1n) is 8.91. The molecule has 6 heteroatoms. The number of amides is 1. The number of aromatic nitrogens is 2. The highest BCUT2D eigenvalue weighted by molar-refractivity contribution is 5.78. The van der Waals surface area contributed by atoms with Crippen molar-refractivity contribution in [1.82, 2.24) is 19.8 Å². The predicted molar refractivity (Wildman–Crippen MR) is 94.3 cm³/mol. The first-order valence-corrected chi connectivity index (χ1v) is 8.91. The molecule has 1 amide bonds. The average molecular weight is 344 g/mol. The zero-order valence-corrected chi connectivity index (χ0v) is 14.4. The number of piperidine rings is 1. The third kappa shape index (κ3) is 5.39. The van der Waals surface area contributed by atoms with Crippen molar-refractivity contribution in [3.8, 4) is 0 Å². The summed E-state index contributed by atoms with van der Waals surface area (Å²) in [7, 11) is 0. The van der Waals surface area contributed by atoms with Crippen LogP contribution in [0.15, 0.2) is 43.0 Å². The Labute approximate surface area is 147 Å². The lowest BCUT2D eigenvalue weighted by Crippen LogP contribution is -2.40. The molecule has 0 unspecified atom stereocenters. The van der Waals surface area contributed by atoms with Gasteiger partial charge in [0, 0.05) is 37.9 Å². The van der Waals surface area contributed by atoms with Gasteiger partial charge in [-0.1, -0.05) is 12.1 Å². The highest BCUT2D eigenvalue weighted by atomic mass is 19.1. The summed E-state index contributed by atoms with van der Waals surface area (Å²) in [5.41, 5.74) is 1.11. The minimum atomic E-state index is -0.202. The van der Waals surface area contributed by atoms with Crippen LogP contribution < -0.4 is 5.32 Å². The smallest absolute Gasteiger partial charge is 0.223 e. The van der Waals surface area contributed by atoms with Gasteiger partial charge in [0.05, 0.1) is 6.33 Å².